The Morgan fingerprint density at radius 3 is 2.52 bits per heavy atom. The van der Waals surface area contributed by atoms with E-state index in [4.69, 9.17) is 11.6 Å². The molecule has 0 saturated carbocycles. The number of halogens is 1. The fourth-order valence-electron chi connectivity index (χ4n) is 9.36. The van der Waals surface area contributed by atoms with Crippen LogP contribution in [0.25, 0.3) is 0 Å². The third kappa shape index (κ3) is 7.62. The van der Waals surface area contributed by atoms with Crippen molar-refractivity contribution in [3.05, 3.63) is 76.4 Å². The van der Waals surface area contributed by atoms with Crippen molar-refractivity contribution in [3.63, 3.8) is 0 Å². The van der Waals surface area contributed by atoms with E-state index in [2.05, 4.69) is 60.7 Å². The van der Waals surface area contributed by atoms with E-state index in [0.29, 0.717) is 47.0 Å². The topological polar surface area (TPSA) is 138 Å². The third-order valence-corrected chi connectivity index (χ3v) is 12.8. The lowest BCUT2D eigenvalue weighted by Gasteiger charge is -2.43. The molecular formula is C41H48ClN9O3. The molecule has 13 heteroatoms. The van der Waals surface area contributed by atoms with Crippen molar-refractivity contribution >= 4 is 46.5 Å². The molecule has 0 unspecified atom stereocenters. The maximum absolute atomic E-state index is 13.3. The number of carbonyl (C=O) groups excluding carboxylic acids is 3. The van der Waals surface area contributed by atoms with Gasteiger partial charge in [-0.2, -0.15) is 5.26 Å². The average molecular weight is 750 g/mol. The first-order chi connectivity index (χ1) is 26.1. The highest BCUT2D eigenvalue weighted by Gasteiger charge is 2.44. The summed E-state index contributed by atoms with van der Waals surface area (Å²) in [4.78, 5) is 46.1. The maximum atomic E-state index is 13.3. The second-order valence-corrected chi connectivity index (χ2v) is 16.6. The lowest BCUT2D eigenvalue weighted by molar-refractivity contribution is -0.133. The van der Waals surface area contributed by atoms with Crippen molar-refractivity contribution in [2.24, 2.45) is 11.3 Å². The highest BCUT2D eigenvalue weighted by molar-refractivity contribution is 6.32. The molecule has 0 bridgehead atoms. The van der Waals surface area contributed by atoms with Crippen LogP contribution in [0.1, 0.15) is 79.4 Å². The van der Waals surface area contributed by atoms with Crippen LogP contribution in [-0.2, 0) is 9.59 Å². The fourth-order valence-corrected chi connectivity index (χ4v) is 9.58. The van der Waals surface area contributed by atoms with Gasteiger partial charge in [0, 0.05) is 69.0 Å². The molecule has 5 aliphatic heterocycles. The lowest BCUT2D eigenvalue weighted by atomic mass is 9.77. The number of hydrogen-bond donors (Lipinski definition) is 2. The summed E-state index contributed by atoms with van der Waals surface area (Å²) in [5, 5.41) is 24.4. The van der Waals surface area contributed by atoms with Gasteiger partial charge in [0.1, 0.15) is 12.1 Å². The van der Waals surface area contributed by atoms with E-state index in [1.807, 2.05) is 47.4 Å². The number of rotatable bonds is 8. The molecule has 2 N–H and O–H groups in total. The Balaban J connectivity index is 0.764. The summed E-state index contributed by atoms with van der Waals surface area (Å²) in [6, 6.07) is 20.0. The number of imide groups is 1. The van der Waals surface area contributed by atoms with E-state index in [1.54, 1.807) is 0 Å². The number of nitriles is 1. The van der Waals surface area contributed by atoms with Gasteiger partial charge in [0.05, 0.1) is 10.6 Å². The molecule has 1 aromatic heterocycles. The van der Waals surface area contributed by atoms with Crippen molar-refractivity contribution < 1.29 is 14.4 Å². The number of likely N-dealkylation sites (tertiary alicyclic amines) is 2. The fraction of sp³-hybridized carbons (Fsp3) is 0.512. The molecule has 2 atom stereocenters. The minimum atomic E-state index is -0.383. The van der Waals surface area contributed by atoms with E-state index < -0.39 is 0 Å². The zero-order valence-electron chi connectivity index (χ0n) is 30.8. The van der Waals surface area contributed by atoms with Gasteiger partial charge in [0.15, 0.2) is 11.5 Å². The lowest BCUT2D eigenvalue weighted by Crippen LogP contribution is -2.54. The number of nitrogens with one attached hydrogen (secondary N) is 2. The molecule has 3 amide bonds. The first-order valence-corrected chi connectivity index (χ1v) is 19.8. The highest BCUT2D eigenvalue weighted by Crippen LogP contribution is 2.46. The Labute approximate surface area is 321 Å². The Hall–Kier alpha value is -4.73. The van der Waals surface area contributed by atoms with Crippen LogP contribution in [0.3, 0.4) is 0 Å². The number of aromatic nitrogens is 2. The number of nitrogens with zero attached hydrogens (tertiary/aromatic N) is 7. The third-order valence-electron chi connectivity index (χ3n) is 12.5. The molecule has 5 aliphatic rings. The quantitative estimate of drug-likeness (QED) is 0.301. The van der Waals surface area contributed by atoms with Crippen LogP contribution in [0.5, 0.6) is 0 Å². The first-order valence-electron chi connectivity index (χ1n) is 19.4. The number of hydrogen-bond acceptors (Lipinski definition) is 10. The molecule has 5 fully saturated rings. The Kier molecular flexibility index (Phi) is 10.2. The highest BCUT2D eigenvalue weighted by atomic mass is 35.5. The van der Waals surface area contributed by atoms with Gasteiger partial charge < -0.3 is 24.9 Å². The molecule has 8 rings (SSSR count). The summed E-state index contributed by atoms with van der Waals surface area (Å²) in [7, 11) is 0. The van der Waals surface area contributed by atoms with Gasteiger partial charge in [0.25, 0.3) is 5.91 Å². The number of carbonyl (C=O) groups is 3. The summed E-state index contributed by atoms with van der Waals surface area (Å²) in [5.41, 5.74) is 4.42. The van der Waals surface area contributed by atoms with Crippen molar-refractivity contribution in [1.29, 1.82) is 5.26 Å². The molecule has 0 radical (unpaired) electrons. The number of benzene rings is 2. The molecule has 3 aromatic rings. The predicted molar refractivity (Wildman–Crippen MR) is 208 cm³/mol. The SMILES string of the molecule is C[C@@H]1CC2(CCN(c3ccc(C(=O)N4CC(CN5CCC(c6cccc(N[C@@H]7CCC(=O)NC7=O)c6)CC5)C4)nn3)CC2)CN1c1ccc(C#N)c(Cl)c1. The van der Waals surface area contributed by atoms with Crippen molar-refractivity contribution in [2.75, 3.05) is 67.5 Å². The standard InChI is InChI=1S/C41H48ClN9O3/c1-27-21-41(26-51(27)33-6-5-31(22-43)34(42)20-33)13-17-49(18-14-41)37-9-7-36(46-47-37)40(54)50-24-28(25-50)23-48-15-11-29(12-16-48)30-3-2-4-32(19-30)44-35-8-10-38(52)45-39(35)53/h2-7,9,19-20,27-29,35,44H,8,10-18,21,23-26H2,1H3,(H,45,52,53)/t27-,35-/m1/s1. The van der Waals surface area contributed by atoms with E-state index in [9.17, 15) is 19.6 Å². The number of anilines is 3. The molecule has 6 heterocycles. The normalized spacial score (nSPS) is 23.6. The van der Waals surface area contributed by atoms with E-state index in [-0.39, 0.29) is 29.2 Å². The molecule has 1 spiro atoms. The van der Waals surface area contributed by atoms with Gasteiger partial charge >= 0.3 is 0 Å². The summed E-state index contributed by atoms with van der Waals surface area (Å²) in [6.45, 7) is 9.57. The summed E-state index contributed by atoms with van der Waals surface area (Å²) in [5.74, 6) is 1.25. The van der Waals surface area contributed by atoms with Crippen LogP contribution in [-0.4, -0.2) is 102 Å². The Bertz CT molecular complexity index is 1930. The minimum absolute atomic E-state index is 0.0460. The van der Waals surface area contributed by atoms with Gasteiger partial charge in [-0.05, 0) is 118 Å². The number of amides is 3. The Morgan fingerprint density at radius 2 is 1.81 bits per heavy atom. The monoisotopic (exact) mass is 749 g/mol. The Morgan fingerprint density at radius 1 is 1.02 bits per heavy atom. The van der Waals surface area contributed by atoms with Gasteiger partial charge in [-0.1, -0.05) is 23.7 Å². The summed E-state index contributed by atoms with van der Waals surface area (Å²) >= 11 is 6.36. The van der Waals surface area contributed by atoms with Crippen molar-refractivity contribution in [1.82, 2.24) is 25.3 Å². The summed E-state index contributed by atoms with van der Waals surface area (Å²) in [6.07, 6.45) is 6.25. The molecule has 5 saturated heterocycles. The van der Waals surface area contributed by atoms with Crippen LogP contribution in [0.4, 0.5) is 17.2 Å². The first kappa shape index (κ1) is 36.3. The van der Waals surface area contributed by atoms with E-state index >= 15 is 0 Å². The molecule has 0 aliphatic carbocycles. The largest absolute Gasteiger partial charge is 0.374 e. The van der Waals surface area contributed by atoms with Crippen LogP contribution in [0, 0.1) is 22.7 Å². The molecule has 54 heavy (non-hydrogen) atoms. The summed E-state index contributed by atoms with van der Waals surface area (Å²) < 4.78 is 0. The molecule has 2 aromatic carbocycles. The van der Waals surface area contributed by atoms with E-state index in [0.717, 1.165) is 102 Å². The van der Waals surface area contributed by atoms with E-state index in [1.165, 1.54) is 5.56 Å². The van der Waals surface area contributed by atoms with Crippen molar-refractivity contribution in [2.45, 2.75) is 69.9 Å². The van der Waals surface area contributed by atoms with Gasteiger partial charge in [-0.25, -0.2) is 0 Å². The van der Waals surface area contributed by atoms with Crippen LogP contribution >= 0.6 is 11.6 Å². The second-order valence-electron chi connectivity index (χ2n) is 16.1. The van der Waals surface area contributed by atoms with Crippen LogP contribution < -0.4 is 20.4 Å². The zero-order valence-corrected chi connectivity index (χ0v) is 31.6. The van der Waals surface area contributed by atoms with Crippen LogP contribution in [0.15, 0.2) is 54.6 Å². The molecule has 282 valence electrons. The van der Waals surface area contributed by atoms with Gasteiger partial charge in [-0.15, -0.1) is 10.2 Å². The zero-order chi connectivity index (χ0) is 37.4. The molecular weight excluding hydrogens is 702 g/mol. The smallest absolute Gasteiger partial charge is 0.274 e. The average Bonchev–Trinajstić information content (AvgIpc) is 3.49. The number of piperidine rings is 3. The van der Waals surface area contributed by atoms with Gasteiger partial charge in [-0.3, -0.25) is 19.7 Å². The van der Waals surface area contributed by atoms with Crippen molar-refractivity contribution in [3.8, 4) is 6.07 Å². The second kappa shape index (κ2) is 15.2. The maximum Gasteiger partial charge on any atom is 0.274 e. The minimum Gasteiger partial charge on any atom is -0.374 e. The molecule has 12 nitrogen and oxygen atoms in total. The van der Waals surface area contributed by atoms with Gasteiger partial charge in [0.2, 0.25) is 11.8 Å². The van der Waals surface area contributed by atoms with Crippen LogP contribution in [0.2, 0.25) is 5.02 Å². The predicted octanol–water partition coefficient (Wildman–Crippen LogP) is 5.06.